The van der Waals surface area contributed by atoms with Gasteiger partial charge in [-0.1, -0.05) is 0 Å². The van der Waals surface area contributed by atoms with Crippen molar-refractivity contribution < 1.29 is 4.39 Å². The van der Waals surface area contributed by atoms with Crippen LogP contribution in [0.4, 0.5) is 4.39 Å². The molecule has 3 heteroatoms. The summed E-state index contributed by atoms with van der Waals surface area (Å²) in [5.41, 5.74) is 5.47. The molecule has 0 aliphatic carbocycles. The summed E-state index contributed by atoms with van der Waals surface area (Å²) in [6.07, 6.45) is 1.15. The fourth-order valence-corrected chi connectivity index (χ4v) is 1.43. The second-order valence-corrected chi connectivity index (χ2v) is 2.88. The first-order valence-corrected chi connectivity index (χ1v) is 3.85. The second-order valence-electron chi connectivity index (χ2n) is 2.88. The third-order valence-corrected chi connectivity index (χ3v) is 2.10. The molecule has 1 saturated heterocycles. The standard InChI is InChI=1S/C7H15FN2/c8-2-4-10-3-1-7(5-9)6-10/h7H,1-6,9H2. The smallest absolute Gasteiger partial charge is 0.102 e. The SMILES string of the molecule is NCC1CCN(CCF)C1. The van der Waals surface area contributed by atoms with Gasteiger partial charge in [0, 0.05) is 13.1 Å². The molecular formula is C7H15FN2. The van der Waals surface area contributed by atoms with Crippen molar-refractivity contribution in [2.24, 2.45) is 11.7 Å². The number of halogens is 1. The molecular weight excluding hydrogens is 131 g/mol. The Morgan fingerprint density at radius 1 is 1.60 bits per heavy atom. The Bertz CT molecular complexity index is 97.6. The van der Waals surface area contributed by atoms with Crippen molar-refractivity contribution in [2.75, 3.05) is 32.9 Å². The summed E-state index contributed by atoms with van der Waals surface area (Å²) in [7, 11) is 0. The van der Waals surface area contributed by atoms with Gasteiger partial charge in [-0.25, -0.2) is 4.39 Å². The Labute approximate surface area is 61.2 Å². The van der Waals surface area contributed by atoms with Crippen molar-refractivity contribution in [1.29, 1.82) is 0 Å². The van der Waals surface area contributed by atoms with Crippen molar-refractivity contribution in [3.05, 3.63) is 0 Å². The van der Waals surface area contributed by atoms with Crippen LogP contribution in [-0.4, -0.2) is 37.8 Å². The number of hydrogen-bond donors (Lipinski definition) is 1. The largest absolute Gasteiger partial charge is 0.330 e. The Kier molecular flexibility index (Phi) is 3.09. The molecule has 10 heavy (non-hydrogen) atoms. The van der Waals surface area contributed by atoms with E-state index in [9.17, 15) is 4.39 Å². The van der Waals surface area contributed by atoms with E-state index in [-0.39, 0.29) is 6.67 Å². The van der Waals surface area contributed by atoms with E-state index in [4.69, 9.17) is 5.73 Å². The summed E-state index contributed by atoms with van der Waals surface area (Å²) in [6, 6.07) is 0. The number of likely N-dealkylation sites (tertiary alicyclic amines) is 1. The molecule has 1 heterocycles. The van der Waals surface area contributed by atoms with Crippen LogP contribution in [0.3, 0.4) is 0 Å². The van der Waals surface area contributed by atoms with Gasteiger partial charge in [0.1, 0.15) is 6.67 Å². The first-order chi connectivity index (χ1) is 4.86. The first kappa shape index (κ1) is 7.95. The van der Waals surface area contributed by atoms with Crippen LogP contribution in [0.2, 0.25) is 0 Å². The predicted octanol–water partition coefficient (Wildman–Crippen LogP) is 0.237. The topological polar surface area (TPSA) is 29.3 Å². The van der Waals surface area contributed by atoms with Crippen LogP contribution in [0.1, 0.15) is 6.42 Å². The van der Waals surface area contributed by atoms with E-state index in [1.165, 1.54) is 0 Å². The fraction of sp³-hybridized carbons (Fsp3) is 1.00. The summed E-state index contributed by atoms with van der Waals surface area (Å²) < 4.78 is 11.8. The molecule has 2 N–H and O–H groups in total. The molecule has 0 aromatic carbocycles. The van der Waals surface area contributed by atoms with Crippen LogP contribution in [0.5, 0.6) is 0 Å². The number of nitrogens with two attached hydrogens (primary N) is 1. The van der Waals surface area contributed by atoms with Gasteiger partial charge >= 0.3 is 0 Å². The van der Waals surface area contributed by atoms with E-state index in [0.717, 1.165) is 26.1 Å². The van der Waals surface area contributed by atoms with E-state index < -0.39 is 0 Å². The van der Waals surface area contributed by atoms with Crippen molar-refractivity contribution in [3.8, 4) is 0 Å². The van der Waals surface area contributed by atoms with Crippen LogP contribution in [0.25, 0.3) is 0 Å². The number of alkyl halides is 1. The lowest BCUT2D eigenvalue weighted by Gasteiger charge is -2.12. The maximum absolute atomic E-state index is 11.8. The highest BCUT2D eigenvalue weighted by Crippen LogP contribution is 2.13. The van der Waals surface area contributed by atoms with Gasteiger partial charge in [0.25, 0.3) is 0 Å². The average Bonchev–Trinajstić information content (AvgIpc) is 2.37. The van der Waals surface area contributed by atoms with E-state index in [1.807, 2.05) is 0 Å². The van der Waals surface area contributed by atoms with E-state index in [0.29, 0.717) is 12.5 Å². The maximum atomic E-state index is 11.8. The third kappa shape index (κ3) is 1.92. The molecule has 0 aromatic rings. The molecule has 1 rings (SSSR count). The average molecular weight is 146 g/mol. The summed E-state index contributed by atoms with van der Waals surface area (Å²) in [5, 5.41) is 0. The number of hydrogen-bond acceptors (Lipinski definition) is 2. The van der Waals surface area contributed by atoms with Crippen LogP contribution >= 0.6 is 0 Å². The molecule has 0 bridgehead atoms. The van der Waals surface area contributed by atoms with Gasteiger partial charge in [-0.2, -0.15) is 0 Å². The number of nitrogens with zero attached hydrogens (tertiary/aromatic N) is 1. The van der Waals surface area contributed by atoms with E-state index in [2.05, 4.69) is 4.90 Å². The van der Waals surface area contributed by atoms with Crippen molar-refractivity contribution in [2.45, 2.75) is 6.42 Å². The van der Waals surface area contributed by atoms with Gasteiger partial charge in [-0.15, -0.1) is 0 Å². The molecule has 60 valence electrons. The molecule has 0 aromatic heterocycles. The molecule has 1 atom stereocenters. The zero-order valence-corrected chi connectivity index (χ0v) is 6.22. The van der Waals surface area contributed by atoms with E-state index in [1.54, 1.807) is 0 Å². The highest BCUT2D eigenvalue weighted by molar-refractivity contribution is 4.75. The zero-order chi connectivity index (χ0) is 7.40. The van der Waals surface area contributed by atoms with Gasteiger partial charge in [0.15, 0.2) is 0 Å². The first-order valence-electron chi connectivity index (χ1n) is 3.85. The molecule has 0 spiro atoms. The summed E-state index contributed by atoms with van der Waals surface area (Å²) >= 11 is 0. The second kappa shape index (κ2) is 3.88. The molecule has 1 aliphatic rings. The minimum Gasteiger partial charge on any atom is -0.330 e. The van der Waals surface area contributed by atoms with E-state index >= 15 is 0 Å². The van der Waals surface area contributed by atoms with Gasteiger partial charge in [-0.3, -0.25) is 0 Å². The Balaban J connectivity index is 2.15. The van der Waals surface area contributed by atoms with Gasteiger partial charge < -0.3 is 10.6 Å². The summed E-state index contributed by atoms with van der Waals surface area (Å²) in [5.74, 6) is 0.617. The Morgan fingerprint density at radius 3 is 2.90 bits per heavy atom. The van der Waals surface area contributed by atoms with Crippen molar-refractivity contribution in [3.63, 3.8) is 0 Å². The monoisotopic (exact) mass is 146 g/mol. The van der Waals surface area contributed by atoms with Gasteiger partial charge in [0.2, 0.25) is 0 Å². The van der Waals surface area contributed by atoms with Gasteiger partial charge in [0.05, 0.1) is 0 Å². The minimum atomic E-state index is -0.225. The number of rotatable bonds is 3. The highest BCUT2D eigenvalue weighted by atomic mass is 19.1. The summed E-state index contributed by atoms with van der Waals surface area (Å²) in [4.78, 5) is 2.14. The maximum Gasteiger partial charge on any atom is 0.102 e. The van der Waals surface area contributed by atoms with Gasteiger partial charge in [-0.05, 0) is 25.4 Å². The molecule has 0 radical (unpaired) electrons. The van der Waals surface area contributed by atoms with Crippen LogP contribution in [-0.2, 0) is 0 Å². The highest BCUT2D eigenvalue weighted by Gasteiger charge is 2.19. The lowest BCUT2D eigenvalue weighted by Crippen LogP contribution is -2.25. The van der Waals surface area contributed by atoms with Crippen LogP contribution in [0.15, 0.2) is 0 Å². The lowest BCUT2D eigenvalue weighted by molar-refractivity contribution is 0.288. The Morgan fingerprint density at radius 2 is 2.40 bits per heavy atom. The molecule has 1 unspecified atom stereocenters. The molecule has 2 nitrogen and oxygen atoms in total. The zero-order valence-electron chi connectivity index (χ0n) is 6.22. The normalized spacial score (nSPS) is 27.6. The predicted molar refractivity (Wildman–Crippen MR) is 39.6 cm³/mol. The summed E-state index contributed by atoms with van der Waals surface area (Å²) in [6.45, 7) is 3.16. The molecule has 0 amide bonds. The van der Waals surface area contributed by atoms with Crippen LogP contribution in [0, 0.1) is 5.92 Å². The molecule has 1 aliphatic heterocycles. The van der Waals surface area contributed by atoms with Crippen LogP contribution < -0.4 is 5.73 Å². The third-order valence-electron chi connectivity index (χ3n) is 2.10. The Hall–Kier alpha value is -0.150. The quantitative estimate of drug-likeness (QED) is 0.618. The minimum absolute atomic E-state index is 0.225. The fourth-order valence-electron chi connectivity index (χ4n) is 1.43. The molecule has 1 fully saturated rings. The van der Waals surface area contributed by atoms with Crippen molar-refractivity contribution in [1.82, 2.24) is 4.90 Å². The lowest BCUT2D eigenvalue weighted by atomic mass is 10.1. The molecule has 0 saturated carbocycles. The van der Waals surface area contributed by atoms with Crippen molar-refractivity contribution >= 4 is 0 Å².